The van der Waals surface area contributed by atoms with Crippen LogP contribution < -0.4 is 5.73 Å². The van der Waals surface area contributed by atoms with Gasteiger partial charge in [-0.05, 0) is 11.6 Å². The summed E-state index contributed by atoms with van der Waals surface area (Å²) < 4.78 is 5.58. The van der Waals surface area contributed by atoms with Gasteiger partial charge in [-0.2, -0.15) is 4.98 Å². The fourth-order valence-corrected chi connectivity index (χ4v) is 1.71. The zero-order chi connectivity index (χ0) is 9.97. The molecule has 0 saturated heterocycles. The maximum Gasteiger partial charge on any atom is 0.213 e. The van der Waals surface area contributed by atoms with E-state index in [1.54, 1.807) is 0 Å². The van der Waals surface area contributed by atoms with Crippen molar-refractivity contribution in [2.75, 3.05) is 0 Å². The predicted molar refractivity (Wildman–Crippen MR) is 54.5 cm³/mol. The smallest absolute Gasteiger partial charge is 0.213 e. The Kier molecular flexibility index (Phi) is 2.60. The summed E-state index contributed by atoms with van der Waals surface area (Å²) in [5, 5.41) is 3.70. The first-order valence-corrected chi connectivity index (χ1v) is 4.84. The number of hydrogen-bond acceptors (Lipinski definition) is 4. The van der Waals surface area contributed by atoms with E-state index in [1.165, 1.54) is 6.39 Å². The zero-order valence-electron chi connectivity index (χ0n) is 7.22. The Labute approximate surface area is 89.2 Å². The highest BCUT2D eigenvalue weighted by Crippen LogP contribution is 2.24. The van der Waals surface area contributed by atoms with Crippen molar-refractivity contribution in [1.82, 2.24) is 10.1 Å². The molecule has 2 rings (SSSR count). The van der Waals surface area contributed by atoms with Crippen LogP contribution >= 0.6 is 15.9 Å². The Morgan fingerprint density at radius 1 is 1.36 bits per heavy atom. The fraction of sp³-hybridized carbons (Fsp3) is 0.111. The summed E-state index contributed by atoms with van der Waals surface area (Å²) in [4.78, 5) is 3.91. The van der Waals surface area contributed by atoms with Gasteiger partial charge >= 0.3 is 0 Å². The monoisotopic (exact) mass is 253 g/mol. The second-order valence-corrected chi connectivity index (χ2v) is 3.64. The van der Waals surface area contributed by atoms with E-state index < -0.39 is 0 Å². The van der Waals surface area contributed by atoms with Crippen LogP contribution in [0.2, 0.25) is 0 Å². The van der Waals surface area contributed by atoms with Crippen LogP contribution in [-0.4, -0.2) is 10.1 Å². The van der Waals surface area contributed by atoms with Crippen molar-refractivity contribution in [2.24, 2.45) is 5.73 Å². The Bertz CT molecular complexity index is 416. The van der Waals surface area contributed by atoms with Crippen LogP contribution in [0.3, 0.4) is 0 Å². The highest BCUT2D eigenvalue weighted by atomic mass is 79.9. The van der Waals surface area contributed by atoms with Gasteiger partial charge in [-0.25, -0.2) is 0 Å². The number of benzene rings is 1. The average Bonchev–Trinajstić information content (AvgIpc) is 2.70. The van der Waals surface area contributed by atoms with Crippen LogP contribution in [0.15, 0.2) is 39.7 Å². The second kappa shape index (κ2) is 3.89. The quantitative estimate of drug-likeness (QED) is 0.888. The van der Waals surface area contributed by atoms with E-state index in [0.29, 0.717) is 5.82 Å². The van der Waals surface area contributed by atoms with Gasteiger partial charge in [0.25, 0.3) is 0 Å². The van der Waals surface area contributed by atoms with E-state index >= 15 is 0 Å². The second-order valence-electron chi connectivity index (χ2n) is 2.79. The van der Waals surface area contributed by atoms with E-state index in [1.807, 2.05) is 24.3 Å². The Balaban J connectivity index is 2.37. The molecule has 1 unspecified atom stereocenters. The van der Waals surface area contributed by atoms with Gasteiger partial charge in [0.1, 0.15) is 0 Å². The van der Waals surface area contributed by atoms with Gasteiger partial charge in [0.05, 0.1) is 6.04 Å². The summed E-state index contributed by atoms with van der Waals surface area (Å²) in [5.74, 6) is 0.483. The molecule has 0 amide bonds. The van der Waals surface area contributed by atoms with Crippen LogP contribution in [0.1, 0.15) is 17.4 Å². The number of hydrogen-bond donors (Lipinski definition) is 1. The van der Waals surface area contributed by atoms with Gasteiger partial charge in [-0.1, -0.05) is 39.3 Å². The van der Waals surface area contributed by atoms with Crippen molar-refractivity contribution in [2.45, 2.75) is 6.04 Å². The minimum Gasteiger partial charge on any atom is -0.343 e. The van der Waals surface area contributed by atoms with E-state index in [0.717, 1.165) is 10.0 Å². The third-order valence-corrected chi connectivity index (χ3v) is 2.62. The molecule has 72 valence electrons. The lowest BCUT2D eigenvalue weighted by Gasteiger charge is -2.08. The van der Waals surface area contributed by atoms with Gasteiger partial charge < -0.3 is 10.3 Å². The molecule has 1 aromatic heterocycles. The van der Waals surface area contributed by atoms with Crippen LogP contribution in [0, 0.1) is 0 Å². The predicted octanol–water partition coefficient (Wildman–Crippen LogP) is 1.88. The SMILES string of the molecule is NC(c1ncon1)c1ccccc1Br. The highest BCUT2D eigenvalue weighted by Gasteiger charge is 2.15. The summed E-state index contributed by atoms with van der Waals surface area (Å²) in [6, 6.07) is 7.33. The van der Waals surface area contributed by atoms with Crippen molar-refractivity contribution in [3.05, 3.63) is 46.5 Å². The molecule has 2 N–H and O–H groups in total. The summed E-state index contributed by atoms with van der Waals surface area (Å²) in [5.41, 5.74) is 6.89. The van der Waals surface area contributed by atoms with Crippen molar-refractivity contribution in [1.29, 1.82) is 0 Å². The van der Waals surface area contributed by atoms with E-state index in [4.69, 9.17) is 5.73 Å². The van der Waals surface area contributed by atoms with Gasteiger partial charge in [0, 0.05) is 4.47 Å². The lowest BCUT2D eigenvalue weighted by atomic mass is 10.1. The van der Waals surface area contributed by atoms with Crippen molar-refractivity contribution in [3.63, 3.8) is 0 Å². The Hall–Kier alpha value is -1.20. The summed E-state index contributed by atoms with van der Waals surface area (Å²) in [6.07, 6.45) is 1.27. The molecular formula is C9H8BrN3O. The Morgan fingerprint density at radius 2 is 2.14 bits per heavy atom. The molecule has 14 heavy (non-hydrogen) atoms. The summed E-state index contributed by atoms with van der Waals surface area (Å²) in [6.45, 7) is 0. The molecule has 0 spiro atoms. The van der Waals surface area contributed by atoms with Crippen LogP contribution in [-0.2, 0) is 0 Å². The molecule has 1 atom stereocenters. The number of nitrogens with zero attached hydrogens (tertiary/aromatic N) is 2. The Morgan fingerprint density at radius 3 is 2.79 bits per heavy atom. The molecule has 2 aromatic rings. The third-order valence-electron chi connectivity index (χ3n) is 1.90. The molecular weight excluding hydrogens is 246 g/mol. The fourth-order valence-electron chi connectivity index (χ4n) is 1.18. The number of halogens is 1. The summed E-state index contributed by atoms with van der Waals surface area (Å²) >= 11 is 3.42. The molecule has 0 radical (unpaired) electrons. The molecule has 5 heteroatoms. The first kappa shape index (κ1) is 9.36. The average molecular weight is 254 g/mol. The first-order chi connectivity index (χ1) is 6.79. The molecule has 0 bridgehead atoms. The molecule has 1 aromatic carbocycles. The molecule has 0 aliphatic heterocycles. The van der Waals surface area contributed by atoms with Crippen molar-refractivity contribution in [3.8, 4) is 0 Å². The van der Waals surface area contributed by atoms with Gasteiger partial charge in [0.2, 0.25) is 6.39 Å². The lowest BCUT2D eigenvalue weighted by molar-refractivity contribution is 0.407. The third kappa shape index (κ3) is 1.69. The van der Waals surface area contributed by atoms with Crippen LogP contribution in [0.25, 0.3) is 0 Å². The highest BCUT2D eigenvalue weighted by molar-refractivity contribution is 9.10. The lowest BCUT2D eigenvalue weighted by Crippen LogP contribution is -2.13. The maximum absolute atomic E-state index is 5.95. The van der Waals surface area contributed by atoms with E-state index in [2.05, 4.69) is 30.6 Å². The minimum atomic E-state index is -0.357. The molecule has 0 aliphatic carbocycles. The van der Waals surface area contributed by atoms with Gasteiger partial charge in [0.15, 0.2) is 5.82 Å². The first-order valence-electron chi connectivity index (χ1n) is 4.05. The standard InChI is InChI=1S/C9H8BrN3O/c10-7-4-2-1-3-6(7)8(11)9-12-5-14-13-9/h1-5,8H,11H2. The summed E-state index contributed by atoms with van der Waals surface area (Å²) in [7, 11) is 0. The van der Waals surface area contributed by atoms with Crippen LogP contribution in [0.5, 0.6) is 0 Å². The molecule has 1 heterocycles. The van der Waals surface area contributed by atoms with E-state index in [-0.39, 0.29) is 6.04 Å². The normalized spacial score (nSPS) is 12.7. The van der Waals surface area contributed by atoms with Gasteiger partial charge in [-0.3, -0.25) is 0 Å². The molecule has 0 aliphatic rings. The largest absolute Gasteiger partial charge is 0.343 e. The zero-order valence-corrected chi connectivity index (χ0v) is 8.81. The molecule has 4 nitrogen and oxygen atoms in total. The van der Waals surface area contributed by atoms with Crippen LogP contribution in [0.4, 0.5) is 0 Å². The number of aromatic nitrogens is 2. The van der Waals surface area contributed by atoms with Crippen molar-refractivity contribution >= 4 is 15.9 Å². The van der Waals surface area contributed by atoms with Crippen molar-refractivity contribution < 1.29 is 4.52 Å². The number of nitrogens with two attached hydrogens (primary N) is 1. The topological polar surface area (TPSA) is 64.9 Å². The maximum atomic E-state index is 5.95. The molecule has 0 fully saturated rings. The van der Waals surface area contributed by atoms with E-state index in [9.17, 15) is 0 Å². The van der Waals surface area contributed by atoms with Gasteiger partial charge in [-0.15, -0.1) is 0 Å². The molecule has 0 saturated carbocycles. The number of rotatable bonds is 2. The minimum absolute atomic E-state index is 0.357.